The fourth-order valence-corrected chi connectivity index (χ4v) is 3.62. The Hall–Kier alpha value is -1.64. The van der Waals surface area contributed by atoms with Crippen molar-refractivity contribution in [1.29, 1.82) is 0 Å². The van der Waals surface area contributed by atoms with Gasteiger partial charge in [0.25, 0.3) is 0 Å². The molecule has 1 fully saturated rings. The van der Waals surface area contributed by atoms with Crippen LogP contribution >= 0.6 is 0 Å². The third-order valence-corrected chi connectivity index (χ3v) is 4.90. The summed E-state index contributed by atoms with van der Waals surface area (Å²) in [5.41, 5.74) is 2.81. The molecule has 1 aliphatic rings. The molecule has 23 heavy (non-hydrogen) atoms. The normalized spacial score (nSPS) is 22.0. The maximum atomic E-state index is 3.70. The van der Waals surface area contributed by atoms with Crippen LogP contribution < -0.4 is 5.32 Å². The van der Waals surface area contributed by atoms with Crippen molar-refractivity contribution in [1.82, 2.24) is 10.2 Å². The van der Waals surface area contributed by atoms with Gasteiger partial charge in [0, 0.05) is 25.2 Å². The van der Waals surface area contributed by atoms with Gasteiger partial charge in [-0.25, -0.2) is 0 Å². The fraction of sp³-hybridized carbons (Fsp3) is 0.429. The van der Waals surface area contributed by atoms with E-state index in [-0.39, 0.29) is 0 Å². The van der Waals surface area contributed by atoms with Crippen molar-refractivity contribution in [3.05, 3.63) is 71.8 Å². The van der Waals surface area contributed by atoms with E-state index in [2.05, 4.69) is 77.8 Å². The number of hydrogen-bond acceptors (Lipinski definition) is 2. The van der Waals surface area contributed by atoms with Gasteiger partial charge in [-0.1, -0.05) is 67.1 Å². The van der Waals surface area contributed by atoms with Crippen LogP contribution in [0.2, 0.25) is 0 Å². The van der Waals surface area contributed by atoms with Crippen molar-refractivity contribution in [2.24, 2.45) is 0 Å². The molecule has 2 heteroatoms. The second-order valence-corrected chi connectivity index (χ2v) is 6.68. The molecule has 0 spiro atoms. The van der Waals surface area contributed by atoms with E-state index in [0.29, 0.717) is 12.1 Å². The van der Waals surface area contributed by atoms with Crippen molar-refractivity contribution in [2.45, 2.75) is 51.4 Å². The van der Waals surface area contributed by atoms with Gasteiger partial charge in [-0.3, -0.25) is 4.90 Å². The molecule has 2 aromatic rings. The van der Waals surface area contributed by atoms with Gasteiger partial charge in [0.05, 0.1) is 0 Å². The van der Waals surface area contributed by atoms with Crippen LogP contribution in [0.15, 0.2) is 60.7 Å². The first-order valence-electron chi connectivity index (χ1n) is 8.88. The summed E-state index contributed by atoms with van der Waals surface area (Å²) in [6.45, 7) is 5.54. The lowest BCUT2D eigenvalue weighted by atomic mass is 10.0. The highest BCUT2D eigenvalue weighted by molar-refractivity contribution is 5.17. The summed E-state index contributed by atoms with van der Waals surface area (Å²) >= 11 is 0. The first-order chi connectivity index (χ1) is 11.3. The van der Waals surface area contributed by atoms with Crippen molar-refractivity contribution in [2.75, 3.05) is 6.54 Å². The Morgan fingerprint density at radius 1 is 0.870 bits per heavy atom. The molecule has 2 aromatic carbocycles. The molecular formula is C21H28N2. The van der Waals surface area contributed by atoms with Crippen molar-refractivity contribution in [3.8, 4) is 0 Å². The maximum Gasteiger partial charge on any atom is 0.0253 e. The molecule has 0 amide bonds. The molecule has 2 atom stereocenters. The Bertz CT molecular complexity index is 525. The zero-order chi connectivity index (χ0) is 15.9. The molecule has 0 aliphatic carbocycles. The minimum Gasteiger partial charge on any atom is -0.313 e. The monoisotopic (exact) mass is 308 g/mol. The summed E-state index contributed by atoms with van der Waals surface area (Å²) in [6, 6.07) is 22.9. The van der Waals surface area contributed by atoms with Crippen LogP contribution in [-0.2, 0) is 13.1 Å². The summed E-state index contributed by atoms with van der Waals surface area (Å²) in [5.74, 6) is 0. The number of nitrogens with one attached hydrogen (secondary N) is 1. The second-order valence-electron chi connectivity index (χ2n) is 6.68. The van der Waals surface area contributed by atoms with Gasteiger partial charge in [-0.2, -0.15) is 0 Å². The molecule has 122 valence electrons. The van der Waals surface area contributed by atoms with E-state index in [1.165, 1.54) is 30.4 Å². The number of benzene rings is 2. The molecule has 2 nitrogen and oxygen atoms in total. The van der Waals surface area contributed by atoms with Gasteiger partial charge in [0.2, 0.25) is 0 Å². The average Bonchev–Trinajstić information content (AvgIpc) is 2.81. The van der Waals surface area contributed by atoms with Crippen LogP contribution in [0.5, 0.6) is 0 Å². The Labute approximate surface area is 140 Å². The minimum absolute atomic E-state index is 0.546. The standard InChI is InChI=1S/C21H28N2/c1-18-21(14-8-9-15-22-18)23(16-19-10-4-2-5-11-19)17-20-12-6-3-7-13-20/h2-7,10-13,18,21-22H,8-9,14-17H2,1H3. The smallest absolute Gasteiger partial charge is 0.0253 e. The van der Waals surface area contributed by atoms with Crippen LogP contribution in [0.3, 0.4) is 0 Å². The van der Waals surface area contributed by atoms with Gasteiger partial charge in [-0.15, -0.1) is 0 Å². The molecule has 1 N–H and O–H groups in total. The summed E-state index contributed by atoms with van der Waals surface area (Å²) < 4.78 is 0. The first-order valence-corrected chi connectivity index (χ1v) is 8.88. The number of nitrogens with zero attached hydrogens (tertiary/aromatic N) is 1. The zero-order valence-corrected chi connectivity index (χ0v) is 14.1. The lowest BCUT2D eigenvalue weighted by Gasteiger charge is -2.35. The zero-order valence-electron chi connectivity index (χ0n) is 14.1. The highest BCUT2D eigenvalue weighted by Crippen LogP contribution is 2.21. The largest absolute Gasteiger partial charge is 0.313 e. The molecule has 1 heterocycles. The highest BCUT2D eigenvalue weighted by Gasteiger charge is 2.26. The van der Waals surface area contributed by atoms with Crippen molar-refractivity contribution >= 4 is 0 Å². The van der Waals surface area contributed by atoms with Crippen LogP contribution in [-0.4, -0.2) is 23.5 Å². The van der Waals surface area contributed by atoms with Crippen molar-refractivity contribution in [3.63, 3.8) is 0 Å². The molecule has 3 rings (SSSR count). The lowest BCUT2D eigenvalue weighted by molar-refractivity contribution is 0.142. The third kappa shape index (κ3) is 4.66. The Morgan fingerprint density at radius 2 is 1.43 bits per heavy atom. The van der Waals surface area contributed by atoms with E-state index in [0.717, 1.165) is 19.6 Å². The molecule has 0 bridgehead atoms. The molecule has 2 unspecified atom stereocenters. The fourth-order valence-electron chi connectivity index (χ4n) is 3.62. The summed E-state index contributed by atoms with van der Waals surface area (Å²) in [6.07, 6.45) is 3.90. The van der Waals surface area contributed by atoms with Gasteiger partial charge in [0.1, 0.15) is 0 Å². The molecule has 0 saturated carbocycles. The Morgan fingerprint density at radius 3 is 2.00 bits per heavy atom. The first kappa shape index (κ1) is 16.2. The van der Waals surface area contributed by atoms with Gasteiger partial charge in [0.15, 0.2) is 0 Å². The highest BCUT2D eigenvalue weighted by atomic mass is 15.2. The number of rotatable bonds is 5. The Balaban J connectivity index is 1.79. The van der Waals surface area contributed by atoms with E-state index >= 15 is 0 Å². The van der Waals surface area contributed by atoms with Crippen LogP contribution in [0.25, 0.3) is 0 Å². The third-order valence-electron chi connectivity index (χ3n) is 4.90. The van der Waals surface area contributed by atoms with E-state index in [4.69, 9.17) is 0 Å². The average molecular weight is 308 g/mol. The van der Waals surface area contributed by atoms with Crippen LogP contribution in [0, 0.1) is 0 Å². The minimum atomic E-state index is 0.546. The molecule has 1 aliphatic heterocycles. The van der Waals surface area contributed by atoms with Crippen LogP contribution in [0.1, 0.15) is 37.3 Å². The topological polar surface area (TPSA) is 15.3 Å². The van der Waals surface area contributed by atoms with E-state index in [1.807, 2.05) is 0 Å². The summed E-state index contributed by atoms with van der Waals surface area (Å²) in [5, 5.41) is 3.70. The lowest BCUT2D eigenvalue weighted by Crippen LogP contribution is -2.46. The Kier molecular flexibility index (Phi) is 5.84. The second kappa shape index (κ2) is 8.28. The molecule has 0 radical (unpaired) electrons. The quantitative estimate of drug-likeness (QED) is 0.889. The van der Waals surface area contributed by atoms with Crippen molar-refractivity contribution < 1.29 is 0 Å². The van der Waals surface area contributed by atoms with E-state index in [1.54, 1.807) is 0 Å². The van der Waals surface area contributed by atoms with Gasteiger partial charge >= 0.3 is 0 Å². The summed E-state index contributed by atoms with van der Waals surface area (Å²) in [7, 11) is 0. The van der Waals surface area contributed by atoms with E-state index in [9.17, 15) is 0 Å². The van der Waals surface area contributed by atoms with Gasteiger partial charge < -0.3 is 5.32 Å². The predicted molar refractivity (Wildman–Crippen MR) is 97.2 cm³/mol. The maximum absolute atomic E-state index is 3.70. The van der Waals surface area contributed by atoms with E-state index < -0.39 is 0 Å². The summed E-state index contributed by atoms with van der Waals surface area (Å²) in [4.78, 5) is 2.66. The predicted octanol–water partition coefficient (Wildman–Crippen LogP) is 4.22. The van der Waals surface area contributed by atoms with Gasteiger partial charge in [-0.05, 0) is 37.4 Å². The van der Waals surface area contributed by atoms with Crippen LogP contribution in [0.4, 0.5) is 0 Å². The SMILES string of the molecule is CC1NCCCCC1N(Cc1ccccc1)Cc1ccccc1. The molecule has 0 aromatic heterocycles. The number of hydrogen-bond donors (Lipinski definition) is 1. The molecule has 1 saturated heterocycles. The molecular weight excluding hydrogens is 280 g/mol.